The Morgan fingerprint density at radius 2 is 1.90 bits per heavy atom. The average Bonchev–Trinajstić information content (AvgIpc) is 2.46. The lowest BCUT2D eigenvalue weighted by Gasteiger charge is -2.12. The van der Waals surface area contributed by atoms with Crippen molar-refractivity contribution in [3.8, 4) is 5.75 Å². The fraction of sp³-hybridized carbons (Fsp3) is 0.188. The van der Waals surface area contributed by atoms with E-state index >= 15 is 0 Å². The summed E-state index contributed by atoms with van der Waals surface area (Å²) in [5.74, 6) is 0.772. The summed E-state index contributed by atoms with van der Waals surface area (Å²) < 4.78 is 5.79. The lowest BCUT2D eigenvalue weighted by atomic mass is 10.1. The zero-order chi connectivity index (χ0) is 14.5. The van der Waals surface area contributed by atoms with Gasteiger partial charge in [-0.2, -0.15) is 0 Å². The van der Waals surface area contributed by atoms with Gasteiger partial charge in [-0.25, -0.2) is 0 Å². The van der Waals surface area contributed by atoms with Gasteiger partial charge in [0.15, 0.2) is 0 Å². The first-order valence-corrected chi connectivity index (χ1v) is 7.06. The number of carbonyl (C=O) groups is 1. The third kappa shape index (κ3) is 3.53. The zero-order valence-electron chi connectivity index (χ0n) is 11.0. The molecule has 2 rings (SSSR count). The summed E-state index contributed by atoms with van der Waals surface area (Å²) in [6, 6.07) is 12.7. The van der Waals surface area contributed by atoms with Gasteiger partial charge in [0.1, 0.15) is 12.4 Å². The van der Waals surface area contributed by atoms with E-state index in [-0.39, 0.29) is 0 Å². The molecule has 2 aromatic carbocycles. The predicted octanol–water partition coefficient (Wildman–Crippen LogP) is 4.86. The van der Waals surface area contributed by atoms with Gasteiger partial charge in [-0.05, 0) is 47.9 Å². The first kappa shape index (κ1) is 14.9. The smallest absolute Gasteiger partial charge is 0.252 e. The van der Waals surface area contributed by atoms with Crippen LogP contribution < -0.4 is 4.74 Å². The van der Waals surface area contributed by atoms with Crippen LogP contribution in [0.15, 0.2) is 42.5 Å². The van der Waals surface area contributed by atoms with Crippen molar-refractivity contribution in [1.29, 1.82) is 0 Å². The van der Waals surface area contributed by atoms with Crippen molar-refractivity contribution < 1.29 is 9.53 Å². The second-order valence-corrected chi connectivity index (χ2v) is 5.10. The highest BCUT2D eigenvalue weighted by atomic mass is 35.5. The molecule has 0 aliphatic heterocycles. The Hall–Kier alpha value is -1.51. The molecule has 0 atom stereocenters. The molecule has 2 nitrogen and oxygen atoms in total. The molecule has 104 valence electrons. The van der Waals surface area contributed by atoms with E-state index < -0.39 is 5.24 Å². The van der Waals surface area contributed by atoms with E-state index in [1.54, 1.807) is 18.2 Å². The molecule has 0 aromatic heterocycles. The SMILES string of the molecule is CCc1cc(Cl)ccc1OCc1ccccc1C(=O)Cl. The van der Waals surface area contributed by atoms with Gasteiger partial charge in [0.05, 0.1) is 0 Å². The van der Waals surface area contributed by atoms with Gasteiger partial charge >= 0.3 is 0 Å². The van der Waals surface area contributed by atoms with Crippen LogP contribution >= 0.6 is 23.2 Å². The number of aryl methyl sites for hydroxylation is 1. The maximum Gasteiger partial charge on any atom is 0.252 e. The highest BCUT2D eigenvalue weighted by molar-refractivity contribution is 6.67. The second-order valence-electron chi connectivity index (χ2n) is 4.33. The Morgan fingerprint density at radius 3 is 2.60 bits per heavy atom. The Balaban J connectivity index is 2.19. The molecule has 0 saturated heterocycles. The highest BCUT2D eigenvalue weighted by Gasteiger charge is 2.10. The van der Waals surface area contributed by atoms with Crippen LogP contribution in [-0.4, -0.2) is 5.24 Å². The van der Waals surface area contributed by atoms with Crippen molar-refractivity contribution >= 4 is 28.4 Å². The van der Waals surface area contributed by atoms with Gasteiger partial charge in [-0.1, -0.05) is 36.7 Å². The monoisotopic (exact) mass is 308 g/mol. The van der Waals surface area contributed by atoms with Crippen LogP contribution in [0.5, 0.6) is 5.75 Å². The molecule has 0 bridgehead atoms. The molecule has 0 fully saturated rings. The Kier molecular flexibility index (Phi) is 5.05. The predicted molar refractivity (Wildman–Crippen MR) is 81.8 cm³/mol. The molecule has 0 aliphatic rings. The fourth-order valence-electron chi connectivity index (χ4n) is 1.96. The van der Waals surface area contributed by atoms with E-state index in [4.69, 9.17) is 27.9 Å². The quantitative estimate of drug-likeness (QED) is 0.737. The first-order valence-electron chi connectivity index (χ1n) is 6.30. The minimum absolute atomic E-state index is 0.295. The number of hydrogen-bond donors (Lipinski definition) is 0. The van der Waals surface area contributed by atoms with E-state index in [1.165, 1.54) is 0 Å². The van der Waals surface area contributed by atoms with Crippen LogP contribution in [0.2, 0.25) is 5.02 Å². The lowest BCUT2D eigenvalue weighted by Crippen LogP contribution is -2.03. The van der Waals surface area contributed by atoms with Crippen LogP contribution in [0, 0.1) is 0 Å². The summed E-state index contributed by atoms with van der Waals surface area (Å²) in [5, 5.41) is 0.210. The van der Waals surface area contributed by atoms with Crippen LogP contribution in [0.25, 0.3) is 0 Å². The summed E-state index contributed by atoms with van der Waals surface area (Å²) >= 11 is 11.5. The van der Waals surface area contributed by atoms with E-state index in [0.29, 0.717) is 17.2 Å². The van der Waals surface area contributed by atoms with Gasteiger partial charge in [0.2, 0.25) is 0 Å². The number of halogens is 2. The van der Waals surface area contributed by atoms with Crippen LogP contribution in [0.3, 0.4) is 0 Å². The van der Waals surface area contributed by atoms with Crippen molar-refractivity contribution in [3.05, 3.63) is 64.2 Å². The number of carbonyl (C=O) groups excluding carboxylic acids is 1. The standard InChI is InChI=1S/C16H14Cl2O2/c1-2-11-9-13(17)7-8-15(11)20-10-12-5-3-4-6-14(12)16(18)19/h3-9H,2,10H2,1H3. The Morgan fingerprint density at radius 1 is 1.15 bits per heavy atom. The van der Waals surface area contributed by atoms with Crippen LogP contribution in [0.4, 0.5) is 0 Å². The summed E-state index contributed by atoms with van der Waals surface area (Å²) in [6.45, 7) is 2.33. The molecule has 0 unspecified atom stereocenters. The number of benzene rings is 2. The van der Waals surface area contributed by atoms with E-state index in [0.717, 1.165) is 23.3 Å². The van der Waals surface area contributed by atoms with E-state index in [1.807, 2.05) is 31.2 Å². The average molecular weight is 309 g/mol. The van der Waals surface area contributed by atoms with Crippen molar-refractivity contribution in [2.45, 2.75) is 20.0 Å². The van der Waals surface area contributed by atoms with Gasteiger partial charge in [0, 0.05) is 16.1 Å². The molecule has 0 spiro atoms. The van der Waals surface area contributed by atoms with Gasteiger partial charge in [-0.3, -0.25) is 4.79 Å². The summed E-state index contributed by atoms with van der Waals surface area (Å²) in [6.07, 6.45) is 0.825. The molecule has 0 saturated carbocycles. The van der Waals surface area contributed by atoms with Gasteiger partial charge in [0.25, 0.3) is 5.24 Å². The summed E-state index contributed by atoms with van der Waals surface area (Å²) in [5.41, 5.74) is 2.28. The minimum Gasteiger partial charge on any atom is -0.489 e. The van der Waals surface area contributed by atoms with E-state index in [2.05, 4.69) is 0 Å². The molecule has 0 heterocycles. The zero-order valence-corrected chi connectivity index (χ0v) is 12.5. The molecule has 0 amide bonds. The highest BCUT2D eigenvalue weighted by Crippen LogP contribution is 2.25. The summed E-state index contributed by atoms with van der Waals surface area (Å²) in [7, 11) is 0. The molecule has 0 N–H and O–H groups in total. The Labute approximate surface area is 128 Å². The summed E-state index contributed by atoms with van der Waals surface area (Å²) in [4.78, 5) is 11.3. The molecular formula is C16H14Cl2O2. The Bertz CT molecular complexity index is 624. The maximum atomic E-state index is 11.3. The van der Waals surface area contributed by atoms with E-state index in [9.17, 15) is 4.79 Å². The van der Waals surface area contributed by atoms with Crippen LogP contribution in [0.1, 0.15) is 28.4 Å². The van der Waals surface area contributed by atoms with Crippen molar-refractivity contribution in [3.63, 3.8) is 0 Å². The van der Waals surface area contributed by atoms with Crippen molar-refractivity contribution in [1.82, 2.24) is 0 Å². The second kappa shape index (κ2) is 6.78. The molecule has 20 heavy (non-hydrogen) atoms. The number of hydrogen-bond acceptors (Lipinski definition) is 2. The maximum absolute atomic E-state index is 11.3. The minimum atomic E-state index is -0.476. The van der Waals surface area contributed by atoms with Crippen LogP contribution in [-0.2, 0) is 13.0 Å². The van der Waals surface area contributed by atoms with Gasteiger partial charge < -0.3 is 4.74 Å². The normalized spacial score (nSPS) is 10.3. The van der Waals surface area contributed by atoms with Crippen molar-refractivity contribution in [2.75, 3.05) is 0 Å². The third-order valence-corrected chi connectivity index (χ3v) is 3.45. The molecule has 2 aromatic rings. The van der Waals surface area contributed by atoms with Gasteiger partial charge in [-0.15, -0.1) is 0 Å². The third-order valence-electron chi connectivity index (χ3n) is 3.02. The number of ether oxygens (including phenoxy) is 1. The largest absolute Gasteiger partial charge is 0.489 e. The number of rotatable bonds is 5. The molecule has 0 aliphatic carbocycles. The molecule has 4 heteroatoms. The lowest BCUT2D eigenvalue weighted by molar-refractivity contribution is 0.107. The van der Waals surface area contributed by atoms with Crippen molar-refractivity contribution in [2.24, 2.45) is 0 Å². The molecule has 0 radical (unpaired) electrons. The fourth-order valence-corrected chi connectivity index (χ4v) is 2.34. The first-order chi connectivity index (χ1) is 9.61. The topological polar surface area (TPSA) is 26.3 Å². The molecular weight excluding hydrogens is 295 g/mol.